The molecule has 0 aromatic rings. The molecular weight excluding hydrogens is 334 g/mol. The van der Waals surface area contributed by atoms with Crippen molar-refractivity contribution in [2.75, 3.05) is 13.6 Å². The van der Waals surface area contributed by atoms with Crippen molar-refractivity contribution in [3.8, 4) is 0 Å². The molecule has 160 valence electrons. The first-order valence-electron chi connectivity index (χ1n) is 11.5. The largest absolute Gasteiger partial charge is 0.465 e. The van der Waals surface area contributed by atoms with E-state index < -0.39 is 6.09 Å². The number of rotatable bonds is 18. The van der Waals surface area contributed by atoms with E-state index in [-0.39, 0.29) is 5.41 Å². The van der Waals surface area contributed by atoms with Crippen LogP contribution in [0, 0.1) is 5.41 Å². The summed E-state index contributed by atoms with van der Waals surface area (Å²) in [7, 11) is 1.66. The normalized spacial score (nSPS) is 13.8. The number of unbranched alkanes of at least 4 members (excludes halogenated alkanes) is 13. The Labute approximate surface area is 169 Å². The summed E-state index contributed by atoms with van der Waals surface area (Å²) in [4.78, 5) is 12.5. The van der Waals surface area contributed by atoms with Gasteiger partial charge in [0.1, 0.15) is 0 Å². The highest BCUT2D eigenvalue weighted by atomic mass is 16.4. The van der Waals surface area contributed by atoms with E-state index in [1.54, 1.807) is 7.05 Å². The van der Waals surface area contributed by atoms with Crippen molar-refractivity contribution in [2.24, 2.45) is 5.41 Å². The summed E-state index contributed by atoms with van der Waals surface area (Å²) in [5.41, 5.74) is -0.0426. The van der Waals surface area contributed by atoms with Gasteiger partial charge in [0, 0.05) is 19.0 Å². The predicted molar refractivity (Wildman–Crippen MR) is 119 cm³/mol. The monoisotopic (exact) mass is 381 g/mol. The molecule has 0 heterocycles. The third kappa shape index (κ3) is 15.7. The van der Waals surface area contributed by atoms with Crippen LogP contribution in [0.25, 0.3) is 0 Å². The molecule has 3 heteroatoms. The number of carbonyl (C=O) groups is 1. The topological polar surface area (TPSA) is 40.5 Å². The first-order chi connectivity index (χ1) is 12.9. The van der Waals surface area contributed by atoms with Crippen LogP contribution in [0.1, 0.15) is 117 Å². The standard InChI is InChI=1S/C24H47NO2/c1-5-7-8-9-10-11-12-13-14-15-16-17-18-19-21-24(3,20-6-2)22-25(4)23(26)27/h6,20H,5,7-19,21-22H2,1-4H3,(H,26,27). The van der Waals surface area contributed by atoms with Crippen LogP contribution < -0.4 is 0 Å². The van der Waals surface area contributed by atoms with Gasteiger partial charge in [0.05, 0.1) is 0 Å². The smallest absolute Gasteiger partial charge is 0.407 e. The first-order valence-corrected chi connectivity index (χ1v) is 11.5. The average Bonchev–Trinajstić information content (AvgIpc) is 2.62. The van der Waals surface area contributed by atoms with Crippen molar-refractivity contribution < 1.29 is 9.90 Å². The minimum atomic E-state index is -0.841. The van der Waals surface area contributed by atoms with Crippen molar-refractivity contribution >= 4 is 6.09 Å². The Kier molecular flexibility index (Phi) is 16.5. The van der Waals surface area contributed by atoms with Gasteiger partial charge < -0.3 is 10.0 Å². The van der Waals surface area contributed by atoms with E-state index in [1.807, 2.05) is 6.92 Å². The van der Waals surface area contributed by atoms with E-state index in [2.05, 4.69) is 26.0 Å². The molecule has 0 saturated carbocycles. The lowest BCUT2D eigenvalue weighted by Gasteiger charge is -2.30. The third-order valence-electron chi connectivity index (χ3n) is 5.60. The van der Waals surface area contributed by atoms with Crippen LogP contribution in [0.2, 0.25) is 0 Å². The molecule has 0 rings (SSSR count). The molecule has 0 spiro atoms. The van der Waals surface area contributed by atoms with E-state index in [4.69, 9.17) is 5.11 Å². The molecule has 1 unspecified atom stereocenters. The van der Waals surface area contributed by atoms with E-state index in [1.165, 1.54) is 94.8 Å². The van der Waals surface area contributed by atoms with Crippen molar-refractivity contribution in [2.45, 2.75) is 117 Å². The first kappa shape index (κ1) is 26.0. The molecule has 1 N–H and O–H groups in total. The highest BCUT2D eigenvalue weighted by Crippen LogP contribution is 2.28. The van der Waals surface area contributed by atoms with E-state index in [0.717, 1.165) is 6.42 Å². The lowest BCUT2D eigenvalue weighted by Crippen LogP contribution is -2.35. The molecule has 0 aliphatic rings. The fourth-order valence-corrected chi connectivity index (χ4v) is 3.95. The second-order valence-electron chi connectivity index (χ2n) is 8.64. The second-order valence-corrected chi connectivity index (χ2v) is 8.64. The minimum Gasteiger partial charge on any atom is -0.465 e. The van der Waals surface area contributed by atoms with Gasteiger partial charge in [-0.25, -0.2) is 4.79 Å². The van der Waals surface area contributed by atoms with Crippen LogP contribution in [-0.2, 0) is 0 Å². The maximum atomic E-state index is 11.1. The summed E-state index contributed by atoms with van der Waals surface area (Å²) >= 11 is 0. The summed E-state index contributed by atoms with van der Waals surface area (Å²) < 4.78 is 0. The highest BCUT2D eigenvalue weighted by Gasteiger charge is 2.24. The molecule has 0 aromatic heterocycles. The number of hydrogen-bond acceptors (Lipinski definition) is 1. The molecule has 0 fully saturated rings. The quantitative estimate of drug-likeness (QED) is 0.193. The Morgan fingerprint density at radius 2 is 1.26 bits per heavy atom. The van der Waals surface area contributed by atoms with Crippen LogP contribution in [0.15, 0.2) is 12.2 Å². The lowest BCUT2D eigenvalue weighted by molar-refractivity contribution is 0.139. The number of nitrogens with zero attached hydrogens (tertiary/aromatic N) is 1. The van der Waals surface area contributed by atoms with Gasteiger partial charge in [-0.15, -0.1) is 0 Å². The van der Waals surface area contributed by atoms with Crippen LogP contribution in [0.3, 0.4) is 0 Å². The summed E-state index contributed by atoms with van der Waals surface area (Å²) in [6.07, 6.45) is 23.7. The highest BCUT2D eigenvalue weighted by molar-refractivity contribution is 5.64. The van der Waals surface area contributed by atoms with Crippen LogP contribution in [0.5, 0.6) is 0 Å². The lowest BCUT2D eigenvalue weighted by atomic mass is 9.83. The number of amides is 1. The summed E-state index contributed by atoms with van der Waals surface area (Å²) in [5.74, 6) is 0. The minimum absolute atomic E-state index is 0.0426. The fraction of sp³-hybridized carbons (Fsp3) is 0.875. The summed E-state index contributed by atoms with van der Waals surface area (Å²) in [6.45, 7) is 7.04. The molecular formula is C24H47NO2. The summed E-state index contributed by atoms with van der Waals surface area (Å²) in [5, 5.41) is 9.11. The van der Waals surface area contributed by atoms with E-state index in [9.17, 15) is 4.79 Å². The number of allylic oxidation sites excluding steroid dienone is 1. The van der Waals surface area contributed by atoms with Crippen molar-refractivity contribution in [3.63, 3.8) is 0 Å². The zero-order chi connectivity index (χ0) is 20.4. The molecule has 27 heavy (non-hydrogen) atoms. The van der Waals surface area contributed by atoms with Gasteiger partial charge in [-0.2, -0.15) is 0 Å². The van der Waals surface area contributed by atoms with Crippen molar-refractivity contribution in [3.05, 3.63) is 12.2 Å². The summed E-state index contributed by atoms with van der Waals surface area (Å²) in [6, 6.07) is 0. The Balaban J connectivity index is 3.61. The Bertz CT molecular complexity index is 381. The van der Waals surface area contributed by atoms with Gasteiger partial charge in [-0.3, -0.25) is 0 Å². The van der Waals surface area contributed by atoms with Crippen LogP contribution >= 0.6 is 0 Å². The zero-order valence-electron chi connectivity index (χ0n) is 18.8. The average molecular weight is 382 g/mol. The fourth-order valence-electron chi connectivity index (χ4n) is 3.95. The number of carboxylic acid groups (broad SMARTS) is 1. The predicted octanol–water partition coefficient (Wildman–Crippen LogP) is 8.05. The van der Waals surface area contributed by atoms with Crippen LogP contribution in [-0.4, -0.2) is 29.7 Å². The molecule has 1 amide bonds. The van der Waals surface area contributed by atoms with Crippen molar-refractivity contribution in [1.29, 1.82) is 0 Å². The molecule has 3 nitrogen and oxygen atoms in total. The molecule has 0 aromatic carbocycles. The van der Waals surface area contributed by atoms with Gasteiger partial charge in [0.15, 0.2) is 0 Å². The molecule has 1 atom stereocenters. The third-order valence-corrected chi connectivity index (χ3v) is 5.60. The molecule has 0 radical (unpaired) electrons. The van der Waals surface area contributed by atoms with E-state index in [0.29, 0.717) is 6.54 Å². The Morgan fingerprint density at radius 3 is 1.63 bits per heavy atom. The molecule has 0 aliphatic carbocycles. The van der Waals surface area contributed by atoms with Gasteiger partial charge in [0.2, 0.25) is 0 Å². The maximum absolute atomic E-state index is 11.1. The Hall–Kier alpha value is -0.990. The number of hydrogen-bond donors (Lipinski definition) is 1. The van der Waals surface area contributed by atoms with Crippen molar-refractivity contribution in [1.82, 2.24) is 4.90 Å². The van der Waals surface area contributed by atoms with Gasteiger partial charge in [-0.1, -0.05) is 116 Å². The SMILES string of the molecule is CC=CC(C)(CCCCCCCCCCCCCCCC)CN(C)C(=O)O. The van der Waals surface area contributed by atoms with Gasteiger partial charge in [0.25, 0.3) is 0 Å². The zero-order valence-corrected chi connectivity index (χ0v) is 18.8. The molecule has 0 aliphatic heterocycles. The van der Waals surface area contributed by atoms with Crippen LogP contribution in [0.4, 0.5) is 4.79 Å². The maximum Gasteiger partial charge on any atom is 0.407 e. The molecule has 0 bridgehead atoms. The van der Waals surface area contributed by atoms with E-state index >= 15 is 0 Å². The Morgan fingerprint density at radius 1 is 0.852 bits per heavy atom. The van der Waals surface area contributed by atoms with Gasteiger partial charge in [-0.05, 0) is 13.3 Å². The second kappa shape index (κ2) is 17.1. The van der Waals surface area contributed by atoms with Gasteiger partial charge >= 0.3 is 6.09 Å². The molecule has 0 saturated heterocycles.